The number of esters is 1. The number of benzene rings is 1. The minimum Gasteiger partial charge on any atom is -0.462 e. The number of sulfonamides is 1. The molecule has 1 aliphatic heterocycles. The third-order valence-electron chi connectivity index (χ3n) is 5.28. The summed E-state index contributed by atoms with van der Waals surface area (Å²) in [7, 11) is -3.56. The average Bonchev–Trinajstić information content (AvgIpc) is 3.21. The van der Waals surface area contributed by atoms with Crippen molar-refractivity contribution in [1.82, 2.24) is 9.62 Å². The van der Waals surface area contributed by atoms with Crippen LogP contribution in [-0.2, 0) is 19.6 Å². The van der Waals surface area contributed by atoms with Crippen LogP contribution in [0, 0.1) is 12.8 Å². The van der Waals surface area contributed by atoms with E-state index in [0.29, 0.717) is 23.7 Å². The number of ether oxygens (including phenoxy) is 1. The number of piperidine rings is 1. The highest BCUT2D eigenvalue weighted by molar-refractivity contribution is 7.89. The normalized spacial score (nSPS) is 17.1. The number of aryl methyl sites for hydroxylation is 1. The van der Waals surface area contributed by atoms with E-state index in [0.717, 1.165) is 24.9 Å². The molecule has 0 radical (unpaired) electrons. The summed E-state index contributed by atoms with van der Waals surface area (Å²) >= 11 is 1.28. The van der Waals surface area contributed by atoms with Gasteiger partial charge in [-0.05, 0) is 62.7 Å². The maximum Gasteiger partial charge on any atom is 0.341 e. The van der Waals surface area contributed by atoms with Gasteiger partial charge in [0, 0.05) is 13.1 Å². The lowest BCUT2D eigenvalue weighted by Gasteiger charge is -2.32. The van der Waals surface area contributed by atoms with Crippen LogP contribution in [-0.4, -0.2) is 58.0 Å². The van der Waals surface area contributed by atoms with E-state index in [1.807, 2.05) is 11.8 Å². The van der Waals surface area contributed by atoms with Crippen LogP contribution in [0.2, 0.25) is 0 Å². The number of carbonyl (C=O) groups is 2. The molecule has 1 aromatic carbocycles. The van der Waals surface area contributed by atoms with Crippen LogP contribution in [0.15, 0.2) is 40.6 Å². The van der Waals surface area contributed by atoms with E-state index in [9.17, 15) is 18.0 Å². The Hall–Kier alpha value is -2.27. The van der Waals surface area contributed by atoms with Crippen LogP contribution in [0.25, 0.3) is 0 Å². The Morgan fingerprint density at radius 1 is 1.22 bits per heavy atom. The average molecular weight is 480 g/mol. The Balaban J connectivity index is 1.51. The molecule has 0 bridgehead atoms. The maximum atomic E-state index is 12.5. The van der Waals surface area contributed by atoms with Crippen molar-refractivity contribution in [2.24, 2.45) is 5.92 Å². The SMILES string of the molecule is CCOC(=O)c1ccsc1NC(=O)CN1CCCC(CNS(=O)(=O)c2ccc(C)cc2)C1. The van der Waals surface area contributed by atoms with Gasteiger partial charge in [-0.25, -0.2) is 17.9 Å². The van der Waals surface area contributed by atoms with Gasteiger partial charge >= 0.3 is 5.97 Å². The van der Waals surface area contributed by atoms with Crippen molar-refractivity contribution in [2.75, 3.05) is 38.1 Å². The second-order valence-electron chi connectivity index (χ2n) is 7.84. The van der Waals surface area contributed by atoms with Gasteiger partial charge in [-0.3, -0.25) is 9.69 Å². The number of rotatable bonds is 9. The number of hydrogen-bond donors (Lipinski definition) is 2. The Morgan fingerprint density at radius 3 is 2.69 bits per heavy atom. The first-order valence-corrected chi connectivity index (χ1v) is 13.0. The second-order valence-corrected chi connectivity index (χ2v) is 10.5. The van der Waals surface area contributed by atoms with Gasteiger partial charge in [-0.15, -0.1) is 11.3 Å². The predicted octanol–water partition coefficient (Wildman–Crippen LogP) is 2.86. The number of amides is 1. The molecule has 1 unspecified atom stereocenters. The van der Waals surface area contributed by atoms with E-state index in [-0.39, 0.29) is 29.9 Å². The van der Waals surface area contributed by atoms with Crippen LogP contribution in [0.5, 0.6) is 0 Å². The highest BCUT2D eigenvalue weighted by atomic mass is 32.2. The monoisotopic (exact) mass is 479 g/mol. The third-order valence-corrected chi connectivity index (χ3v) is 7.55. The lowest BCUT2D eigenvalue weighted by molar-refractivity contribution is -0.117. The molecule has 10 heteroatoms. The Kier molecular flexibility index (Phi) is 8.41. The molecular formula is C22H29N3O5S2. The molecule has 1 fully saturated rings. The number of likely N-dealkylation sites (tertiary alicyclic amines) is 1. The largest absolute Gasteiger partial charge is 0.462 e. The summed E-state index contributed by atoms with van der Waals surface area (Å²) < 4.78 is 32.8. The third kappa shape index (κ3) is 6.61. The van der Waals surface area contributed by atoms with Gasteiger partial charge in [0.2, 0.25) is 15.9 Å². The number of thiophene rings is 1. The number of carbonyl (C=O) groups excluding carboxylic acids is 2. The summed E-state index contributed by atoms with van der Waals surface area (Å²) in [5.74, 6) is -0.546. The Labute approximate surface area is 193 Å². The summed E-state index contributed by atoms with van der Waals surface area (Å²) in [6.07, 6.45) is 1.78. The number of nitrogens with one attached hydrogen (secondary N) is 2. The highest BCUT2D eigenvalue weighted by Gasteiger charge is 2.24. The quantitative estimate of drug-likeness (QED) is 0.536. The molecule has 32 heavy (non-hydrogen) atoms. The van der Waals surface area contributed by atoms with E-state index in [2.05, 4.69) is 10.0 Å². The Bertz CT molecular complexity index is 1030. The lowest BCUT2D eigenvalue weighted by Crippen LogP contribution is -2.43. The summed E-state index contributed by atoms with van der Waals surface area (Å²) in [6, 6.07) is 8.39. The van der Waals surface area contributed by atoms with Gasteiger partial charge in [0.05, 0.1) is 23.6 Å². The molecule has 1 aliphatic rings. The molecule has 2 aromatic rings. The second kappa shape index (κ2) is 11.0. The van der Waals surface area contributed by atoms with Gasteiger partial charge in [-0.2, -0.15) is 0 Å². The molecule has 174 valence electrons. The van der Waals surface area contributed by atoms with Crippen molar-refractivity contribution in [1.29, 1.82) is 0 Å². The number of nitrogens with zero attached hydrogens (tertiary/aromatic N) is 1. The molecule has 1 amide bonds. The van der Waals surface area contributed by atoms with Crippen molar-refractivity contribution in [2.45, 2.75) is 31.6 Å². The smallest absolute Gasteiger partial charge is 0.341 e. The predicted molar refractivity (Wildman–Crippen MR) is 124 cm³/mol. The van der Waals surface area contributed by atoms with Crippen LogP contribution in [0.4, 0.5) is 5.00 Å². The van der Waals surface area contributed by atoms with E-state index in [1.54, 1.807) is 42.6 Å². The zero-order valence-corrected chi connectivity index (χ0v) is 19.9. The molecule has 0 aliphatic carbocycles. The molecule has 3 rings (SSSR count). The van der Waals surface area contributed by atoms with Crippen molar-refractivity contribution < 1.29 is 22.7 Å². The molecule has 1 aromatic heterocycles. The lowest BCUT2D eigenvalue weighted by atomic mass is 9.98. The molecule has 2 N–H and O–H groups in total. The first-order valence-electron chi connectivity index (χ1n) is 10.6. The zero-order valence-electron chi connectivity index (χ0n) is 18.3. The van der Waals surface area contributed by atoms with Gasteiger partial charge in [-0.1, -0.05) is 17.7 Å². The summed E-state index contributed by atoms with van der Waals surface area (Å²) in [4.78, 5) is 26.8. The van der Waals surface area contributed by atoms with Crippen molar-refractivity contribution in [3.05, 3.63) is 46.8 Å². The maximum absolute atomic E-state index is 12.5. The van der Waals surface area contributed by atoms with Crippen molar-refractivity contribution >= 4 is 38.2 Å². The molecular weight excluding hydrogens is 450 g/mol. The van der Waals surface area contributed by atoms with Crippen molar-refractivity contribution in [3.8, 4) is 0 Å². The van der Waals surface area contributed by atoms with E-state index in [1.165, 1.54) is 11.3 Å². The van der Waals surface area contributed by atoms with Gasteiger partial charge in [0.25, 0.3) is 0 Å². The van der Waals surface area contributed by atoms with Gasteiger partial charge in [0.1, 0.15) is 5.00 Å². The fraction of sp³-hybridized carbons (Fsp3) is 0.455. The van der Waals surface area contributed by atoms with Crippen LogP contribution < -0.4 is 10.0 Å². The van der Waals surface area contributed by atoms with Crippen molar-refractivity contribution in [3.63, 3.8) is 0 Å². The van der Waals surface area contributed by atoms with Gasteiger partial charge in [0.15, 0.2) is 0 Å². The summed E-state index contributed by atoms with van der Waals surface area (Å²) in [6.45, 7) is 5.81. The Morgan fingerprint density at radius 2 is 1.97 bits per heavy atom. The first kappa shape index (κ1) is 24.4. The van der Waals surface area contributed by atoms with E-state index in [4.69, 9.17) is 4.74 Å². The van der Waals surface area contributed by atoms with Crippen LogP contribution in [0.1, 0.15) is 35.7 Å². The first-order chi connectivity index (χ1) is 15.3. The number of anilines is 1. The summed E-state index contributed by atoms with van der Waals surface area (Å²) in [5, 5.41) is 5.01. The highest BCUT2D eigenvalue weighted by Crippen LogP contribution is 2.24. The van der Waals surface area contributed by atoms with Crippen LogP contribution in [0.3, 0.4) is 0 Å². The fourth-order valence-electron chi connectivity index (χ4n) is 3.63. The molecule has 8 nitrogen and oxygen atoms in total. The summed E-state index contributed by atoms with van der Waals surface area (Å²) in [5.41, 5.74) is 1.36. The standard InChI is InChI=1S/C22H29N3O5S2/c1-3-30-22(27)19-10-12-31-21(19)24-20(26)15-25-11-4-5-17(14-25)13-23-32(28,29)18-8-6-16(2)7-9-18/h6-10,12,17,23H,3-5,11,13-15H2,1-2H3,(H,24,26). The molecule has 0 spiro atoms. The molecule has 1 saturated heterocycles. The van der Waals surface area contributed by atoms with E-state index < -0.39 is 16.0 Å². The minimum atomic E-state index is -3.56. The molecule has 0 saturated carbocycles. The van der Waals surface area contributed by atoms with Gasteiger partial charge < -0.3 is 10.1 Å². The topological polar surface area (TPSA) is 105 Å². The van der Waals surface area contributed by atoms with E-state index >= 15 is 0 Å². The van der Waals surface area contributed by atoms with Crippen LogP contribution >= 0.6 is 11.3 Å². The zero-order chi connectivity index (χ0) is 23.1. The number of hydrogen-bond acceptors (Lipinski definition) is 7. The molecule has 1 atom stereocenters. The minimum absolute atomic E-state index is 0.119. The molecule has 2 heterocycles. The fourth-order valence-corrected chi connectivity index (χ4v) is 5.54.